The van der Waals surface area contributed by atoms with Crippen LogP contribution in [0.5, 0.6) is 5.75 Å². The third-order valence-corrected chi connectivity index (χ3v) is 4.58. The Labute approximate surface area is 178 Å². The lowest BCUT2D eigenvalue weighted by Gasteiger charge is -2.12. The van der Waals surface area contributed by atoms with Gasteiger partial charge in [0.2, 0.25) is 0 Å². The van der Waals surface area contributed by atoms with Crippen molar-refractivity contribution in [2.45, 2.75) is 6.54 Å². The van der Waals surface area contributed by atoms with E-state index in [4.69, 9.17) is 9.84 Å². The Kier molecular flexibility index (Phi) is 7.26. The summed E-state index contributed by atoms with van der Waals surface area (Å²) in [6.45, 7) is 0.720. The number of hydrogen-bond acceptors (Lipinski definition) is 7. The van der Waals surface area contributed by atoms with Crippen LogP contribution in [-0.2, 0) is 6.54 Å². The number of aliphatic hydroxyl groups excluding tert-OH is 1. The highest BCUT2D eigenvalue weighted by molar-refractivity contribution is 6.06. The molecule has 0 spiro atoms. The van der Waals surface area contributed by atoms with E-state index >= 15 is 0 Å². The summed E-state index contributed by atoms with van der Waals surface area (Å²) in [5, 5.41) is 17.5. The highest BCUT2D eigenvalue weighted by Crippen LogP contribution is 2.37. The van der Waals surface area contributed by atoms with Crippen LogP contribution in [0, 0.1) is 4.91 Å². The molecule has 3 rings (SSSR count). The van der Waals surface area contributed by atoms with Crippen LogP contribution in [0.1, 0.15) is 15.9 Å². The monoisotopic (exact) mass is 422 g/mol. The van der Waals surface area contributed by atoms with Gasteiger partial charge in [0.1, 0.15) is 17.0 Å². The summed E-state index contributed by atoms with van der Waals surface area (Å²) < 4.78 is 5.23. The molecule has 1 heterocycles. The van der Waals surface area contributed by atoms with Crippen molar-refractivity contribution >= 4 is 17.3 Å². The molecule has 0 aliphatic carbocycles. The molecule has 0 fully saturated rings. The number of carbonyl (C=O) groups excluding carboxylic acids is 1. The molecule has 0 aliphatic rings. The number of nitroso groups, excluding NO2 is 1. The molecule has 0 unspecified atom stereocenters. The number of H-pyrrole nitrogens is 1. The van der Waals surface area contributed by atoms with Crippen molar-refractivity contribution in [3.8, 4) is 16.9 Å². The molecule has 0 saturated heterocycles. The molecule has 0 aliphatic heterocycles. The quantitative estimate of drug-likeness (QED) is 0.310. The SMILES string of the molecule is COc1cccc(-c2cccc(NC(=O)c3cc(CNCCO)c[nH]c3=O)c2N=O)c1. The molecule has 2 aromatic carbocycles. The number of pyridine rings is 1. The van der Waals surface area contributed by atoms with Gasteiger partial charge in [0.25, 0.3) is 11.5 Å². The second-order valence-corrected chi connectivity index (χ2v) is 6.63. The average Bonchev–Trinajstić information content (AvgIpc) is 2.80. The summed E-state index contributed by atoms with van der Waals surface area (Å²) in [5.74, 6) is -0.0557. The van der Waals surface area contributed by atoms with Crippen LogP contribution in [0.4, 0.5) is 11.4 Å². The lowest BCUT2D eigenvalue weighted by molar-refractivity contribution is 0.102. The van der Waals surface area contributed by atoms with Gasteiger partial charge in [0, 0.05) is 24.8 Å². The first-order valence-corrected chi connectivity index (χ1v) is 9.52. The molecule has 160 valence electrons. The second-order valence-electron chi connectivity index (χ2n) is 6.63. The van der Waals surface area contributed by atoms with Crippen molar-refractivity contribution < 1.29 is 14.6 Å². The highest BCUT2D eigenvalue weighted by Gasteiger charge is 2.17. The number of rotatable bonds is 9. The van der Waals surface area contributed by atoms with E-state index < -0.39 is 11.5 Å². The molecule has 0 atom stereocenters. The normalized spacial score (nSPS) is 10.5. The van der Waals surface area contributed by atoms with Gasteiger partial charge in [-0.1, -0.05) is 24.3 Å². The summed E-state index contributed by atoms with van der Waals surface area (Å²) in [5.41, 5.74) is 1.43. The molecule has 0 bridgehead atoms. The van der Waals surface area contributed by atoms with Crippen molar-refractivity contribution in [2.75, 3.05) is 25.6 Å². The molecule has 1 aromatic heterocycles. The molecular weight excluding hydrogens is 400 g/mol. The van der Waals surface area contributed by atoms with E-state index in [1.807, 2.05) is 0 Å². The van der Waals surface area contributed by atoms with Gasteiger partial charge in [-0.2, -0.15) is 0 Å². The summed E-state index contributed by atoms with van der Waals surface area (Å²) in [6, 6.07) is 13.5. The van der Waals surface area contributed by atoms with E-state index in [9.17, 15) is 14.5 Å². The minimum absolute atomic E-state index is 0.0260. The van der Waals surface area contributed by atoms with Crippen LogP contribution in [0.3, 0.4) is 0 Å². The van der Waals surface area contributed by atoms with Crippen molar-refractivity contribution in [3.05, 3.63) is 81.1 Å². The molecule has 9 nitrogen and oxygen atoms in total. The molecular formula is C22H22N4O5. The van der Waals surface area contributed by atoms with Gasteiger partial charge in [-0.25, -0.2) is 0 Å². The Morgan fingerprint density at radius 2 is 2.00 bits per heavy atom. The standard InChI is InChI=1S/C22H22N4O5/c1-31-16-5-2-4-15(11-16)17-6-3-7-19(20(17)26-30)25-22(29)18-10-14(12-23-8-9-27)13-24-21(18)28/h2-7,10-11,13,23,27H,8-9,12H2,1H3,(H,24,28)(H,25,29). The fourth-order valence-electron chi connectivity index (χ4n) is 3.07. The molecule has 0 saturated carbocycles. The van der Waals surface area contributed by atoms with E-state index in [0.717, 1.165) is 0 Å². The number of methoxy groups -OCH3 is 1. The first-order valence-electron chi connectivity index (χ1n) is 9.52. The van der Waals surface area contributed by atoms with Crippen LogP contribution < -0.4 is 20.9 Å². The average molecular weight is 422 g/mol. The number of aliphatic hydroxyl groups is 1. The zero-order valence-corrected chi connectivity index (χ0v) is 16.8. The summed E-state index contributed by atoms with van der Waals surface area (Å²) in [4.78, 5) is 39.1. The van der Waals surface area contributed by atoms with E-state index in [2.05, 4.69) is 20.8 Å². The Morgan fingerprint density at radius 1 is 1.19 bits per heavy atom. The number of benzene rings is 2. The molecule has 9 heteroatoms. The Morgan fingerprint density at radius 3 is 2.74 bits per heavy atom. The van der Waals surface area contributed by atoms with Crippen molar-refractivity contribution in [2.24, 2.45) is 5.18 Å². The van der Waals surface area contributed by atoms with E-state index in [0.29, 0.717) is 35.5 Å². The van der Waals surface area contributed by atoms with Gasteiger partial charge in [-0.3, -0.25) is 9.59 Å². The van der Waals surface area contributed by atoms with Gasteiger partial charge in [-0.15, -0.1) is 4.91 Å². The molecule has 3 aromatic rings. The predicted molar refractivity (Wildman–Crippen MR) is 118 cm³/mol. The zero-order valence-electron chi connectivity index (χ0n) is 16.8. The minimum atomic E-state index is -0.669. The number of ether oxygens (including phenoxy) is 1. The fraction of sp³-hybridized carbons (Fsp3) is 0.182. The summed E-state index contributed by atoms with van der Waals surface area (Å²) in [7, 11) is 1.54. The first kappa shape index (κ1) is 21.9. The number of hydrogen-bond donors (Lipinski definition) is 4. The van der Waals surface area contributed by atoms with Crippen molar-refractivity contribution in [3.63, 3.8) is 0 Å². The maximum atomic E-state index is 12.8. The number of carbonyl (C=O) groups is 1. The zero-order chi connectivity index (χ0) is 22.2. The maximum absolute atomic E-state index is 12.8. The Bertz CT molecular complexity index is 1140. The van der Waals surface area contributed by atoms with Gasteiger partial charge in [0.05, 0.1) is 19.4 Å². The molecule has 1 amide bonds. The first-order chi connectivity index (χ1) is 15.1. The van der Waals surface area contributed by atoms with Crippen LogP contribution >= 0.6 is 0 Å². The number of nitrogens with one attached hydrogen (secondary N) is 3. The number of aromatic nitrogens is 1. The number of amides is 1. The number of aromatic amines is 1. The van der Waals surface area contributed by atoms with Crippen LogP contribution in [0.25, 0.3) is 11.1 Å². The van der Waals surface area contributed by atoms with Crippen LogP contribution in [0.2, 0.25) is 0 Å². The van der Waals surface area contributed by atoms with Crippen molar-refractivity contribution in [1.82, 2.24) is 10.3 Å². The maximum Gasteiger partial charge on any atom is 0.261 e. The van der Waals surface area contributed by atoms with Crippen molar-refractivity contribution in [1.29, 1.82) is 0 Å². The second kappa shape index (κ2) is 10.3. The molecule has 31 heavy (non-hydrogen) atoms. The highest BCUT2D eigenvalue weighted by atomic mass is 16.5. The van der Waals surface area contributed by atoms with Gasteiger partial charge in [0.15, 0.2) is 0 Å². The van der Waals surface area contributed by atoms with E-state index in [1.165, 1.54) is 12.3 Å². The fourth-order valence-corrected chi connectivity index (χ4v) is 3.07. The van der Waals surface area contributed by atoms with E-state index in [-0.39, 0.29) is 23.5 Å². The minimum Gasteiger partial charge on any atom is -0.497 e. The lowest BCUT2D eigenvalue weighted by Crippen LogP contribution is -2.25. The third-order valence-electron chi connectivity index (χ3n) is 4.58. The smallest absolute Gasteiger partial charge is 0.261 e. The summed E-state index contributed by atoms with van der Waals surface area (Å²) in [6.07, 6.45) is 1.49. The van der Waals surface area contributed by atoms with Gasteiger partial charge < -0.3 is 25.5 Å². The Hall–Kier alpha value is -3.82. The lowest BCUT2D eigenvalue weighted by atomic mass is 10.0. The van der Waals surface area contributed by atoms with Gasteiger partial charge in [-0.05, 0) is 40.6 Å². The largest absolute Gasteiger partial charge is 0.497 e. The predicted octanol–water partition coefficient (Wildman–Crippen LogP) is 2.78. The molecule has 0 radical (unpaired) electrons. The Balaban J connectivity index is 1.91. The topological polar surface area (TPSA) is 133 Å². The number of nitrogens with zero attached hydrogens (tertiary/aromatic N) is 1. The summed E-state index contributed by atoms with van der Waals surface area (Å²) >= 11 is 0. The number of anilines is 1. The van der Waals surface area contributed by atoms with E-state index in [1.54, 1.807) is 49.6 Å². The van der Waals surface area contributed by atoms with Crippen LogP contribution in [-0.4, -0.2) is 36.3 Å². The molecule has 4 N–H and O–H groups in total. The van der Waals surface area contributed by atoms with Gasteiger partial charge >= 0.3 is 0 Å². The van der Waals surface area contributed by atoms with Crippen LogP contribution in [0.15, 0.2) is 64.7 Å². The third kappa shape index (κ3) is 5.21.